The highest BCUT2D eigenvalue weighted by Gasteiger charge is 2.18. The zero-order chi connectivity index (χ0) is 16.2. The van der Waals surface area contributed by atoms with E-state index >= 15 is 0 Å². The molecule has 124 valence electrons. The van der Waals surface area contributed by atoms with Crippen LogP contribution in [0.4, 0.5) is 4.39 Å². The molecule has 1 fully saturated rings. The molecular formula is C18H23FN2O2. The van der Waals surface area contributed by atoms with Crippen LogP contribution in [0, 0.1) is 12.7 Å². The molecule has 0 spiro atoms. The van der Waals surface area contributed by atoms with Gasteiger partial charge in [0.25, 0.3) is 0 Å². The molecule has 0 unspecified atom stereocenters. The Hall–Kier alpha value is -1.69. The van der Waals surface area contributed by atoms with E-state index in [2.05, 4.69) is 9.80 Å². The van der Waals surface area contributed by atoms with Crippen molar-refractivity contribution in [2.45, 2.75) is 13.5 Å². The molecular weight excluding hydrogens is 295 g/mol. The van der Waals surface area contributed by atoms with Gasteiger partial charge in [0, 0.05) is 38.3 Å². The zero-order valence-corrected chi connectivity index (χ0v) is 13.5. The van der Waals surface area contributed by atoms with Gasteiger partial charge in [-0.1, -0.05) is 0 Å². The Labute approximate surface area is 136 Å². The van der Waals surface area contributed by atoms with Gasteiger partial charge in [-0.15, -0.1) is 0 Å². The van der Waals surface area contributed by atoms with Crippen LogP contribution in [-0.2, 0) is 6.54 Å². The molecule has 0 radical (unpaired) electrons. The van der Waals surface area contributed by atoms with E-state index in [-0.39, 0.29) is 12.4 Å². The molecule has 0 bridgehead atoms. The van der Waals surface area contributed by atoms with Gasteiger partial charge >= 0.3 is 0 Å². The van der Waals surface area contributed by atoms with Crippen molar-refractivity contribution < 1.29 is 13.9 Å². The van der Waals surface area contributed by atoms with Crippen LogP contribution >= 0.6 is 0 Å². The first-order valence-electron chi connectivity index (χ1n) is 8.06. The smallest absolute Gasteiger partial charge is 0.134 e. The van der Waals surface area contributed by atoms with Crippen LogP contribution in [0.2, 0.25) is 0 Å². The first-order valence-corrected chi connectivity index (χ1v) is 8.06. The molecule has 0 aliphatic carbocycles. The second-order valence-electron chi connectivity index (χ2n) is 6.07. The summed E-state index contributed by atoms with van der Waals surface area (Å²) in [6, 6.07) is 8.71. The van der Waals surface area contributed by atoms with E-state index < -0.39 is 0 Å². The van der Waals surface area contributed by atoms with Crippen LogP contribution in [0.5, 0.6) is 0 Å². The van der Waals surface area contributed by atoms with E-state index in [0.29, 0.717) is 0 Å². The molecule has 0 atom stereocenters. The van der Waals surface area contributed by atoms with Crippen molar-refractivity contribution in [3.05, 3.63) is 47.5 Å². The molecule has 1 aromatic carbocycles. The average molecular weight is 318 g/mol. The molecule has 1 aliphatic heterocycles. The SMILES string of the molecule is Cc1cc(F)ccc1-c1ccc(CN2CCN(CCO)CC2)o1. The number of hydrogen-bond acceptors (Lipinski definition) is 4. The van der Waals surface area contributed by atoms with Crippen molar-refractivity contribution >= 4 is 0 Å². The second-order valence-corrected chi connectivity index (χ2v) is 6.07. The Morgan fingerprint density at radius 1 is 1.09 bits per heavy atom. The summed E-state index contributed by atoms with van der Waals surface area (Å²) in [5.41, 5.74) is 1.81. The number of halogens is 1. The summed E-state index contributed by atoms with van der Waals surface area (Å²) in [6.45, 7) is 7.56. The van der Waals surface area contributed by atoms with E-state index in [1.807, 2.05) is 19.1 Å². The molecule has 1 aliphatic rings. The summed E-state index contributed by atoms with van der Waals surface area (Å²) in [5.74, 6) is 1.49. The molecule has 3 rings (SSSR count). The third-order valence-electron chi connectivity index (χ3n) is 4.38. The maximum Gasteiger partial charge on any atom is 0.134 e. The van der Waals surface area contributed by atoms with Gasteiger partial charge in [0.15, 0.2) is 0 Å². The molecule has 1 aromatic heterocycles. The van der Waals surface area contributed by atoms with Crippen LogP contribution in [-0.4, -0.2) is 54.2 Å². The van der Waals surface area contributed by atoms with E-state index in [0.717, 1.165) is 61.9 Å². The van der Waals surface area contributed by atoms with E-state index in [9.17, 15) is 4.39 Å². The molecule has 23 heavy (non-hydrogen) atoms. The summed E-state index contributed by atoms with van der Waals surface area (Å²) in [4.78, 5) is 4.62. The minimum absolute atomic E-state index is 0.221. The Balaban J connectivity index is 1.62. The lowest BCUT2D eigenvalue weighted by Gasteiger charge is -2.33. The zero-order valence-electron chi connectivity index (χ0n) is 13.5. The Morgan fingerprint density at radius 2 is 1.83 bits per heavy atom. The fraction of sp³-hybridized carbons (Fsp3) is 0.444. The van der Waals surface area contributed by atoms with Gasteiger partial charge in [-0.05, 0) is 42.8 Å². The largest absolute Gasteiger partial charge is 0.460 e. The Bertz CT molecular complexity index is 648. The fourth-order valence-electron chi connectivity index (χ4n) is 3.04. The topological polar surface area (TPSA) is 39.9 Å². The Morgan fingerprint density at radius 3 is 2.52 bits per heavy atom. The van der Waals surface area contributed by atoms with E-state index in [1.54, 1.807) is 6.07 Å². The Kier molecular flexibility index (Phi) is 5.10. The number of hydrogen-bond donors (Lipinski definition) is 1. The van der Waals surface area contributed by atoms with Gasteiger partial charge in [0.1, 0.15) is 17.3 Å². The minimum Gasteiger partial charge on any atom is -0.460 e. The van der Waals surface area contributed by atoms with Gasteiger partial charge in [-0.2, -0.15) is 0 Å². The van der Waals surface area contributed by atoms with Crippen molar-refractivity contribution in [1.82, 2.24) is 9.80 Å². The van der Waals surface area contributed by atoms with Crippen LogP contribution in [0.15, 0.2) is 34.7 Å². The predicted molar refractivity (Wildman–Crippen MR) is 87.6 cm³/mol. The molecule has 2 heterocycles. The predicted octanol–water partition coefficient (Wildman–Crippen LogP) is 2.50. The maximum absolute atomic E-state index is 13.2. The number of piperazine rings is 1. The fourth-order valence-corrected chi connectivity index (χ4v) is 3.04. The molecule has 1 saturated heterocycles. The lowest BCUT2D eigenvalue weighted by atomic mass is 10.1. The third kappa shape index (κ3) is 3.99. The molecule has 1 N–H and O–H groups in total. The van der Waals surface area contributed by atoms with Gasteiger partial charge in [0.05, 0.1) is 13.2 Å². The summed E-state index contributed by atoms with van der Waals surface area (Å²) >= 11 is 0. The molecule has 4 nitrogen and oxygen atoms in total. The van der Waals surface area contributed by atoms with E-state index in [1.165, 1.54) is 12.1 Å². The summed E-state index contributed by atoms with van der Waals surface area (Å²) in [5, 5.41) is 8.98. The van der Waals surface area contributed by atoms with Crippen molar-refractivity contribution in [2.24, 2.45) is 0 Å². The highest BCUT2D eigenvalue weighted by atomic mass is 19.1. The number of nitrogens with zero attached hydrogens (tertiary/aromatic N) is 2. The van der Waals surface area contributed by atoms with Gasteiger partial charge < -0.3 is 9.52 Å². The maximum atomic E-state index is 13.2. The standard InChI is InChI=1S/C18H23FN2O2/c1-14-12-15(19)2-4-17(14)18-5-3-16(23-18)13-21-8-6-20(7-9-21)10-11-22/h2-5,12,22H,6-11,13H2,1H3. The highest BCUT2D eigenvalue weighted by molar-refractivity contribution is 5.62. The number of benzene rings is 1. The number of aliphatic hydroxyl groups excluding tert-OH is 1. The first-order chi connectivity index (χ1) is 11.2. The molecule has 5 heteroatoms. The number of β-amino-alcohol motifs (C(OH)–C–C–N with tert-alkyl or cyclic N) is 1. The quantitative estimate of drug-likeness (QED) is 0.919. The monoisotopic (exact) mass is 318 g/mol. The number of aryl methyl sites for hydroxylation is 1. The summed E-state index contributed by atoms with van der Waals surface area (Å²) < 4.78 is 19.2. The lowest BCUT2D eigenvalue weighted by Crippen LogP contribution is -2.46. The molecule has 0 saturated carbocycles. The number of rotatable bonds is 5. The van der Waals surface area contributed by atoms with Crippen LogP contribution in [0.3, 0.4) is 0 Å². The van der Waals surface area contributed by atoms with Crippen molar-refractivity contribution in [2.75, 3.05) is 39.3 Å². The van der Waals surface area contributed by atoms with Gasteiger partial charge in [0.2, 0.25) is 0 Å². The molecule has 2 aromatic rings. The number of aliphatic hydroxyl groups is 1. The summed E-state index contributed by atoms with van der Waals surface area (Å²) in [6.07, 6.45) is 0. The van der Waals surface area contributed by atoms with Crippen LogP contribution in [0.25, 0.3) is 11.3 Å². The first kappa shape index (κ1) is 16.2. The normalized spacial score (nSPS) is 16.8. The van der Waals surface area contributed by atoms with Crippen molar-refractivity contribution in [3.8, 4) is 11.3 Å². The average Bonchev–Trinajstić information content (AvgIpc) is 2.98. The van der Waals surface area contributed by atoms with E-state index in [4.69, 9.17) is 9.52 Å². The van der Waals surface area contributed by atoms with Crippen molar-refractivity contribution in [1.29, 1.82) is 0 Å². The van der Waals surface area contributed by atoms with Gasteiger partial charge in [-0.3, -0.25) is 9.80 Å². The lowest BCUT2D eigenvalue weighted by molar-refractivity contribution is 0.104. The number of furan rings is 1. The molecule has 0 amide bonds. The van der Waals surface area contributed by atoms with Gasteiger partial charge in [-0.25, -0.2) is 4.39 Å². The summed E-state index contributed by atoms with van der Waals surface area (Å²) in [7, 11) is 0. The minimum atomic E-state index is -0.223. The van der Waals surface area contributed by atoms with Crippen LogP contribution < -0.4 is 0 Å². The van der Waals surface area contributed by atoms with Crippen LogP contribution in [0.1, 0.15) is 11.3 Å². The third-order valence-corrected chi connectivity index (χ3v) is 4.38. The second kappa shape index (κ2) is 7.25. The van der Waals surface area contributed by atoms with Crippen molar-refractivity contribution in [3.63, 3.8) is 0 Å². The highest BCUT2D eigenvalue weighted by Crippen LogP contribution is 2.26.